The minimum atomic E-state index is 0.485. The second-order valence-electron chi connectivity index (χ2n) is 5.20. The molecule has 2 heterocycles. The molecule has 1 aromatic heterocycles. The molecule has 0 N–H and O–H groups in total. The number of hydrogen-bond acceptors (Lipinski definition) is 2. The molecular formula is C15H20ClN3. The summed E-state index contributed by atoms with van der Waals surface area (Å²) in [5.41, 5.74) is 2.26. The Kier molecular flexibility index (Phi) is 4.04. The fourth-order valence-corrected chi connectivity index (χ4v) is 3.14. The summed E-state index contributed by atoms with van der Waals surface area (Å²) in [7, 11) is 0. The van der Waals surface area contributed by atoms with E-state index in [0.717, 1.165) is 17.9 Å². The van der Waals surface area contributed by atoms with E-state index < -0.39 is 0 Å². The van der Waals surface area contributed by atoms with Gasteiger partial charge in [0.1, 0.15) is 5.82 Å². The van der Waals surface area contributed by atoms with Crippen LogP contribution in [0.5, 0.6) is 0 Å². The molecule has 4 heteroatoms. The van der Waals surface area contributed by atoms with Crippen LogP contribution in [0, 0.1) is 0 Å². The van der Waals surface area contributed by atoms with Gasteiger partial charge in [-0.1, -0.05) is 12.1 Å². The third-order valence-electron chi connectivity index (χ3n) is 3.91. The summed E-state index contributed by atoms with van der Waals surface area (Å²) in [6.45, 7) is 4.74. The Labute approximate surface area is 119 Å². The first kappa shape index (κ1) is 12.9. The van der Waals surface area contributed by atoms with E-state index in [0.29, 0.717) is 5.88 Å². The van der Waals surface area contributed by atoms with Crippen molar-refractivity contribution in [1.29, 1.82) is 0 Å². The zero-order valence-electron chi connectivity index (χ0n) is 11.2. The highest BCUT2D eigenvalue weighted by atomic mass is 35.5. The van der Waals surface area contributed by atoms with Gasteiger partial charge in [-0.3, -0.25) is 0 Å². The summed E-state index contributed by atoms with van der Waals surface area (Å²) in [5, 5.41) is 0. The van der Waals surface area contributed by atoms with Crippen LogP contribution in [-0.2, 0) is 12.4 Å². The Morgan fingerprint density at radius 2 is 1.89 bits per heavy atom. The van der Waals surface area contributed by atoms with Crippen LogP contribution in [0.25, 0.3) is 11.0 Å². The lowest BCUT2D eigenvalue weighted by molar-refractivity contribution is 0.325. The molecule has 1 aromatic carbocycles. The van der Waals surface area contributed by atoms with Crippen molar-refractivity contribution >= 4 is 22.6 Å². The van der Waals surface area contributed by atoms with Crippen LogP contribution < -0.4 is 0 Å². The Balaban J connectivity index is 1.71. The smallest absolute Gasteiger partial charge is 0.124 e. The standard InChI is InChI=1S/C15H20ClN3/c16-12-15-17-13-6-1-2-7-14(13)19(15)11-5-10-18-8-3-4-9-18/h1-2,6-7H,3-5,8-12H2. The molecular weight excluding hydrogens is 258 g/mol. The topological polar surface area (TPSA) is 21.1 Å². The van der Waals surface area contributed by atoms with Crippen molar-refractivity contribution in [3.63, 3.8) is 0 Å². The lowest BCUT2D eigenvalue weighted by Crippen LogP contribution is -2.21. The van der Waals surface area contributed by atoms with Gasteiger partial charge < -0.3 is 9.47 Å². The molecule has 1 aliphatic heterocycles. The first-order valence-corrected chi connectivity index (χ1v) is 7.64. The molecule has 3 nitrogen and oxygen atoms in total. The van der Waals surface area contributed by atoms with Gasteiger partial charge in [-0.15, -0.1) is 11.6 Å². The summed E-state index contributed by atoms with van der Waals surface area (Å²) in [6, 6.07) is 8.29. The van der Waals surface area contributed by atoms with Gasteiger partial charge in [0.15, 0.2) is 0 Å². The van der Waals surface area contributed by atoms with E-state index in [-0.39, 0.29) is 0 Å². The monoisotopic (exact) mass is 277 g/mol. The number of benzene rings is 1. The third-order valence-corrected chi connectivity index (χ3v) is 4.15. The number of fused-ring (bicyclic) bond motifs is 1. The Morgan fingerprint density at radius 3 is 2.68 bits per heavy atom. The Bertz CT molecular complexity index is 543. The van der Waals surface area contributed by atoms with Crippen molar-refractivity contribution < 1.29 is 0 Å². The second kappa shape index (κ2) is 5.93. The molecule has 0 spiro atoms. The summed E-state index contributed by atoms with van der Waals surface area (Å²) < 4.78 is 2.28. The van der Waals surface area contributed by atoms with E-state index in [4.69, 9.17) is 11.6 Å². The minimum absolute atomic E-state index is 0.485. The van der Waals surface area contributed by atoms with Crippen LogP contribution in [0.1, 0.15) is 25.1 Å². The van der Waals surface area contributed by atoms with Crippen LogP contribution in [0.2, 0.25) is 0 Å². The number of aromatic nitrogens is 2. The summed E-state index contributed by atoms with van der Waals surface area (Å²) >= 11 is 6.02. The first-order valence-electron chi connectivity index (χ1n) is 7.11. The number of halogens is 1. The molecule has 0 amide bonds. The molecule has 1 saturated heterocycles. The zero-order chi connectivity index (χ0) is 13.1. The number of rotatable bonds is 5. The van der Waals surface area contributed by atoms with Gasteiger partial charge in [-0.25, -0.2) is 4.98 Å². The second-order valence-corrected chi connectivity index (χ2v) is 5.47. The van der Waals surface area contributed by atoms with Gasteiger partial charge in [-0.05, 0) is 51.0 Å². The molecule has 0 saturated carbocycles. The number of imidazole rings is 1. The largest absolute Gasteiger partial charge is 0.327 e. The highest BCUT2D eigenvalue weighted by molar-refractivity contribution is 6.16. The molecule has 19 heavy (non-hydrogen) atoms. The maximum Gasteiger partial charge on any atom is 0.124 e. The van der Waals surface area contributed by atoms with Gasteiger partial charge in [-0.2, -0.15) is 0 Å². The third kappa shape index (κ3) is 2.77. The number of para-hydroxylation sites is 2. The molecule has 102 valence electrons. The van der Waals surface area contributed by atoms with E-state index in [2.05, 4.69) is 32.7 Å². The van der Waals surface area contributed by atoms with Crippen molar-refractivity contribution in [2.75, 3.05) is 19.6 Å². The SMILES string of the molecule is ClCc1nc2ccccc2n1CCCN1CCCC1. The quantitative estimate of drug-likeness (QED) is 0.782. The maximum absolute atomic E-state index is 6.02. The first-order chi connectivity index (χ1) is 9.38. The molecule has 0 radical (unpaired) electrons. The van der Waals surface area contributed by atoms with Gasteiger partial charge in [0, 0.05) is 6.54 Å². The van der Waals surface area contributed by atoms with Gasteiger partial charge in [0.05, 0.1) is 16.9 Å². The van der Waals surface area contributed by atoms with Crippen molar-refractivity contribution in [2.24, 2.45) is 0 Å². The lowest BCUT2D eigenvalue weighted by atomic mass is 10.3. The van der Waals surface area contributed by atoms with Crippen molar-refractivity contribution in [3.05, 3.63) is 30.1 Å². The van der Waals surface area contributed by atoms with Gasteiger partial charge >= 0.3 is 0 Å². The molecule has 0 aliphatic carbocycles. The van der Waals surface area contributed by atoms with E-state index >= 15 is 0 Å². The highest BCUT2D eigenvalue weighted by Gasteiger charge is 2.12. The van der Waals surface area contributed by atoms with Crippen LogP contribution in [-0.4, -0.2) is 34.1 Å². The van der Waals surface area contributed by atoms with Crippen LogP contribution >= 0.6 is 11.6 Å². The van der Waals surface area contributed by atoms with E-state index in [1.165, 1.54) is 44.4 Å². The summed E-state index contributed by atoms with van der Waals surface area (Å²) in [4.78, 5) is 7.15. The normalized spacial score (nSPS) is 16.5. The van der Waals surface area contributed by atoms with Crippen LogP contribution in [0.4, 0.5) is 0 Å². The van der Waals surface area contributed by atoms with E-state index in [1.807, 2.05) is 6.07 Å². The molecule has 3 rings (SSSR count). The number of hydrogen-bond donors (Lipinski definition) is 0. The Morgan fingerprint density at radius 1 is 1.11 bits per heavy atom. The zero-order valence-corrected chi connectivity index (χ0v) is 11.9. The minimum Gasteiger partial charge on any atom is -0.327 e. The Hall–Kier alpha value is -1.06. The molecule has 0 unspecified atom stereocenters. The van der Waals surface area contributed by atoms with Crippen LogP contribution in [0.3, 0.4) is 0 Å². The van der Waals surface area contributed by atoms with E-state index in [9.17, 15) is 0 Å². The molecule has 2 aromatic rings. The van der Waals surface area contributed by atoms with E-state index in [1.54, 1.807) is 0 Å². The fourth-order valence-electron chi connectivity index (χ4n) is 2.94. The number of nitrogens with zero attached hydrogens (tertiary/aromatic N) is 3. The average Bonchev–Trinajstić information content (AvgIpc) is 3.06. The molecule has 0 bridgehead atoms. The molecule has 0 atom stereocenters. The number of aryl methyl sites for hydroxylation is 1. The highest BCUT2D eigenvalue weighted by Crippen LogP contribution is 2.18. The van der Waals surface area contributed by atoms with Crippen molar-refractivity contribution in [3.8, 4) is 0 Å². The summed E-state index contributed by atoms with van der Waals surface area (Å²) in [6.07, 6.45) is 3.89. The predicted molar refractivity (Wildman–Crippen MR) is 79.6 cm³/mol. The molecule has 1 fully saturated rings. The van der Waals surface area contributed by atoms with Gasteiger partial charge in [0.25, 0.3) is 0 Å². The van der Waals surface area contributed by atoms with Gasteiger partial charge in [0.2, 0.25) is 0 Å². The van der Waals surface area contributed by atoms with Crippen molar-refractivity contribution in [2.45, 2.75) is 31.7 Å². The fraction of sp³-hybridized carbons (Fsp3) is 0.533. The lowest BCUT2D eigenvalue weighted by Gasteiger charge is -2.15. The summed E-state index contributed by atoms with van der Waals surface area (Å²) in [5.74, 6) is 1.47. The number of likely N-dealkylation sites (tertiary alicyclic amines) is 1. The predicted octanol–water partition coefficient (Wildman–Crippen LogP) is 3.26. The maximum atomic E-state index is 6.02. The number of alkyl halides is 1. The average molecular weight is 278 g/mol. The van der Waals surface area contributed by atoms with Crippen molar-refractivity contribution in [1.82, 2.24) is 14.5 Å². The van der Waals surface area contributed by atoms with Crippen LogP contribution in [0.15, 0.2) is 24.3 Å². The molecule has 1 aliphatic rings.